The summed E-state index contributed by atoms with van der Waals surface area (Å²) < 4.78 is 0. The highest BCUT2D eigenvalue weighted by Crippen LogP contribution is 2.15. The standard InChI is InChI=1S/C11H13BrN2O2/c1-13-11(16)8-4-2-3-5-9(8)14-10(15)6-7-12/h2-5H,6-7H2,1H3,(H,13,16)(H,14,15). The normalized spacial score (nSPS) is 9.62. The van der Waals surface area contributed by atoms with Gasteiger partial charge in [0.25, 0.3) is 5.91 Å². The number of rotatable bonds is 4. The molecule has 0 saturated heterocycles. The number of anilines is 1. The van der Waals surface area contributed by atoms with Crippen LogP contribution in [0.15, 0.2) is 24.3 Å². The van der Waals surface area contributed by atoms with Crippen molar-refractivity contribution in [2.75, 3.05) is 17.7 Å². The zero-order valence-corrected chi connectivity index (χ0v) is 10.5. The van der Waals surface area contributed by atoms with Crippen LogP contribution in [-0.2, 0) is 4.79 Å². The number of alkyl halides is 1. The summed E-state index contributed by atoms with van der Waals surface area (Å²) in [6.45, 7) is 0. The van der Waals surface area contributed by atoms with E-state index in [1.807, 2.05) is 0 Å². The van der Waals surface area contributed by atoms with Crippen molar-refractivity contribution >= 4 is 33.4 Å². The van der Waals surface area contributed by atoms with Crippen molar-refractivity contribution in [1.82, 2.24) is 5.32 Å². The van der Waals surface area contributed by atoms with Gasteiger partial charge in [-0.25, -0.2) is 0 Å². The lowest BCUT2D eigenvalue weighted by atomic mass is 10.1. The van der Waals surface area contributed by atoms with E-state index in [2.05, 4.69) is 26.6 Å². The molecule has 16 heavy (non-hydrogen) atoms. The molecule has 1 aromatic carbocycles. The summed E-state index contributed by atoms with van der Waals surface area (Å²) in [4.78, 5) is 22.9. The Kier molecular flexibility index (Phi) is 4.98. The minimum absolute atomic E-state index is 0.117. The number of hydrogen-bond donors (Lipinski definition) is 2. The van der Waals surface area contributed by atoms with Crippen molar-refractivity contribution in [2.24, 2.45) is 0 Å². The molecular weight excluding hydrogens is 272 g/mol. The van der Waals surface area contributed by atoms with Gasteiger partial charge in [-0.3, -0.25) is 9.59 Å². The Bertz CT molecular complexity index is 393. The van der Waals surface area contributed by atoms with E-state index < -0.39 is 0 Å². The van der Waals surface area contributed by atoms with Gasteiger partial charge >= 0.3 is 0 Å². The second-order valence-corrected chi connectivity index (χ2v) is 3.90. The first-order valence-corrected chi connectivity index (χ1v) is 5.98. The molecule has 2 amide bonds. The summed E-state index contributed by atoms with van der Waals surface area (Å²) >= 11 is 3.18. The van der Waals surface area contributed by atoms with Gasteiger partial charge in [0.15, 0.2) is 0 Å². The van der Waals surface area contributed by atoms with E-state index in [9.17, 15) is 9.59 Å². The van der Waals surface area contributed by atoms with Gasteiger partial charge in [-0.15, -0.1) is 0 Å². The Morgan fingerprint density at radius 3 is 2.62 bits per heavy atom. The third kappa shape index (κ3) is 3.34. The van der Waals surface area contributed by atoms with Crippen LogP contribution in [0, 0.1) is 0 Å². The van der Waals surface area contributed by atoms with Crippen molar-refractivity contribution < 1.29 is 9.59 Å². The van der Waals surface area contributed by atoms with E-state index >= 15 is 0 Å². The lowest BCUT2D eigenvalue weighted by Crippen LogP contribution is -2.21. The number of amides is 2. The molecule has 2 N–H and O–H groups in total. The fourth-order valence-electron chi connectivity index (χ4n) is 1.22. The maximum atomic E-state index is 11.5. The fourth-order valence-corrected chi connectivity index (χ4v) is 1.58. The highest BCUT2D eigenvalue weighted by molar-refractivity contribution is 9.09. The van der Waals surface area contributed by atoms with Crippen LogP contribution in [0.25, 0.3) is 0 Å². The molecule has 5 heteroatoms. The lowest BCUT2D eigenvalue weighted by molar-refractivity contribution is -0.115. The number of nitrogens with one attached hydrogen (secondary N) is 2. The van der Waals surface area contributed by atoms with E-state index in [1.54, 1.807) is 31.3 Å². The van der Waals surface area contributed by atoms with Crippen molar-refractivity contribution in [3.05, 3.63) is 29.8 Å². The molecule has 1 aromatic rings. The van der Waals surface area contributed by atoms with Gasteiger partial charge in [-0.1, -0.05) is 28.1 Å². The molecule has 0 radical (unpaired) electrons. The molecule has 0 aromatic heterocycles. The Morgan fingerprint density at radius 1 is 1.31 bits per heavy atom. The third-order valence-corrected chi connectivity index (χ3v) is 2.39. The Labute approximate surface area is 103 Å². The highest BCUT2D eigenvalue weighted by atomic mass is 79.9. The summed E-state index contributed by atoms with van der Waals surface area (Å²) in [5.74, 6) is -0.331. The van der Waals surface area contributed by atoms with Gasteiger partial charge in [0.05, 0.1) is 11.3 Å². The quantitative estimate of drug-likeness (QED) is 0.828. The average molecular weight is 285 g/mol. The summed E-state index contributed by atoms with van der Waals surface area (Å²) in [6, 6.07) is 6.90. The average Bonchev–Trinajstić information content (AvgIpc) is 2.29. The zero-order valence-electron chi connectivity index (χ0n) is 8.92. The van der Waals surface area contributed by atoms with Crippen molar-refractivity contribution in [3.8, 4) is 0 Å². The van der Waals surface area contributed by atoms with Crippen LogP contribution in [-0.4, -0.2) is 24.2 Å². The van der Waals surface area contributed by atoms with Crippen LogP contribution in [0.3, 0.4) is 0 Å². The van der Waals surface area contributed by atoms with E-state index in [0.717, 1.165) is 0 Å². The summed E-state index contributed by atoms with van der Waals surface area (Å²) in [5, 5.41) is 5.82. The molecule has 0 fully saturated rings. The molecule has 0 heterocycles. The second kappa shape index (κ2) is 6.27. The largest absolute Gasteiger partial charge is 0.355 e. The fraction of sp³-hybridized carbons (Fsp3) is 0.273. The molecule has 0 bridgehead atoms. The SMILES string of the molecule is CNC(=O)c1ccccc1NC(=O)CCBr. The van der Waals surface area contributed by atoms with Gasteiger partial charge in [0.2, 0.25) is 5.91 Å². The molecule has 1 rings (SSSR count). The first kappa shape index (κ1) is 12.7. The minimum atomic E-state index is -0.213. The van der Waals surface area contributed by atoms with Crippen LogP contribution >= 0.6 is 15.9 Å². The van der Waals surface area contributed by atoms with Gasteiger partial charge in [0.1, 0.15) is 0 Å². The van der Waals surface area contributed by atoms with Gasteiger partial charge in [-0.05, 0) is 12.1 Å². The molecule has 0 aliphatic heterocycles. The smallest absolute Gasteiger partial charge is 0.253 e. The molecule has 4 nitrogen and oxygen atoms in total. The topological polar surface area (TPSA) is 58.2 Å². The lowest BCUT2D eigenvalue weighted by Gasteiger charge is -2.09. The molecule has 0 saturated carbocycles. The van der Waals surface area contributed by atoms with E-state index in [-0.39, 0.29) is 11.8 Å². The monoisotopic (exact) mass is 284 g/mol. The zero-order chi connectivity index (χ0) is 12.0. The number of benzene rings is 1. The maximum Gasteiger partial charge on any atom is 0.253 e. The first-order chi connectivity index (χ1) is 7.69. The predicted molar refractivity (Wildman–Crippen MR) is 66.9 cm³/mol. The molecular formula is C11H13BrN2O2. The van der Waals surface area contributed by atoms with E-state index in [4.69, 9.17) is 0 Å². The summed E-state index contributed by atoms with van der Waals surface area (Å²) in [6.07, 6.45) is 0.377. The van der Waals surface area contributed by atoms with Crippen molar-refractivity contribution in [2.45, 2.75) is 6.42 Å². The Morgan fingerprint density at radius 2 is 2.00 bits per heavy atom. The second-order valence-electron chi connectivity index (χ2n) is 3.11. The van der Waals surface area contributed by atoms with Crippen LogP contribution in [0.4, 0.5) is 5.69 Å². The number of carbonyl (C=O) groups excluding carboxylic acids is 2. The van der Waals surface area contributed by atoms with Crippen LogP contribution in [0.1, 0.15) is 16.8 Å². The van der Waals surface area contributed by atoms with Gasteiger partial charge < -0.3 is 10.6 Å². The molecule has 0 aliphatic carbocycles. The van der Waals surface area contributed by atoms with E-state index in [0.29, 0.717) is 23.0 Å². The van der Waals surface area contributed by atoms with Crippen LogP contribution < -0.4 is 10.6 Å². The van der Waals surface area contributed by atoms with Crippen LogP contribution in [0.5, 0.6) is 0 Å². The Balaban J connectivity index is 2.87. The number of para-hydroxylation sites is 1. The summed E-state index contributed by atoms with van der Waals surface area (Å²) in [5.41, 5.74) is 1.00. The highest BCUT2D eigenvalue weighted by Gasteiger charge is 2.10. The van der Waals surface area contributed by atoms with Crippen molar-refractivity contribution in [1.29, 1.82) is 0 Å². The minimum Gasteiger partial charge on any atom is -0.355 e. The predicted octanol–water partition coefficient (Wildman–Crippen LogP) is 1.77. The molecule has 0 atom stereocenters. The Hall–Kier alpha value is -1.36. The van der Waals surface area contributed by atoms with E-state index in [1.165, 1.54) is 0 Å². The van der Waals surface area contributed by atoms with Crippen LogP contribution in [0.2, 0.25) is 0 Å². The van der Waals surface area contributed by atoms with Gasteiger partial charge in [-0.2, -0.15) is 0 Å². The summed E-state index contributed by atoms with van der Waals surface area (Å²) in [7, 11) is 1.55. The maximum absolute atomic E-state index is 11.5. The first-order valence-electron chi connectivity index (χ1n) is 4.86. The van der Waals surface area contributed by atoms with Crippen molar-refractivity contribution in [3.63, 3.8) is 0 Å². The molecule has 0 unspecified atom stereocenters. The van der Waals surface area contributed by atoms with Gasteiger partial charge in [0, 0.05) is 18.8 Å². The number of halogens is 1. The molecule has 0 spiro atoms. The molecule has 86 valence electrons. The third-order valence-electron chi connectivity index (χ3n) is 1.99. The molecule has 0 aliphatic rings. The number of hydrogen-bond acceptors (Lipinski definition) is 2. The number of carbonyl (C=O) groups is 2.